The maximum atomic E-state index is 12.3. The third kappa shape index (κ3) is 4.93. The molecule has 9 heteroatoms. The number of carbonyl (C=O) groups excluding carboxylic acids is 1. The lowest BCUT2D eigenvalue weighted by atomic mass is 10.1. The summed E-state index contributed by atoms with van der Waals surface area (Å²) in [5.74, 6) is 0.173. The predicted molar refractivity (Wildman–Crippen MR) is 99.2 cm³/mol. The molecule has 0 aromatic heterocycles. The van der Waals surface area contributed by atoms with Gasteiger partial charge in [-0.2, -0.15) is 0 Å². The van der Waals surface area contributed by atoms with Crippen LogP contribution < -0.4 is 5.32 Å². The zero-order valence-electron chi connectivity index (χ0n) is 15.2. The monoisotopic (exact) mass is 382 g/mol. The molecule has 0 aromatic rings. The Labute approximate surface area is 154 Å². The van der Waals surface area contributed by atoms with Crippen LogP contribution in [0.2, 0.25) is 0 Å². The summed E-state index contributed by atoms with van der Waals surface area (Å²) in [6, 6.07) is 0. The summed E-state index contributed by atoms with van der Waals surface area (Å²) in [4.78, 5) is 16.4. The van der Waals surface area contributed by atoms with Gasteiger partial charge in [0.25, 0.3) is 15.9 Å². The minimum absolute atomic E-state index is 0.0356. The number of ether oxygens (including phenoxy) is 1. The van der Waals surface area contributed by atoms with Crippen LogP contribution in [0, 0.1) is 0 Å². The van der Waals surface area contributed by atoms with Crippen molar-refractivity contribution in [3.8, 4) is 0 Å². The van der Waals surface area contributed by atoms with Gasteiger partial charge in [-0.25, -0.2) is 8.42 Å². The average Bonchev–Trinajstić information content (AvgIpc) is 2.56. The molecule has 2 atom stereocenters. The maximum Gasteiger partial charge on any atom is 0.256 e. The first-order chi connectivity index (χ1) is 12.3. The van der Waals surface area contributed by atoms with Crippen molar-refractivity contribution in [2.45, 2.75) is 32.5 Å². The quantitative estimate of drug-likeness (QED) is 0.678. The zero-order chi connectivity index (χ0) is 18.7. The first-order valence-electron chi connectivity index (χ1n) is 8.97. The SMILES string of the molecule is CC1CN(CCCNC(=O)C2=CN3CCS(=O)(=O)N=C3C=C2)CC(C)O1. The number of carbonyl (C=O) groups is 1. The molecule has 3 aliphatic rings. The van der Waals surface area contributed by atoms with Crippen LogP contribution in [0.15, 0.2) is 28.3 Å². The van der Waals surface area contributed by atoms with Crippen molar-refractivity contribution < 1.29 is 17.9 Å². The maximum absolute atomic E-state index is 12.3. The van der Waals surface area contributed by atoms with Crippen molar-refractivity contribution in [2.75, 3.05) is 38.5 Å². The van der Waals surface area contributed by atoms with Crippen LogP contribution in [-0.2, 0) is 19.6 Å². The zero-order valence-corrected chi connectivity index (χ0v) is 16.0. The number of nitrogens with one attached hydrogen (secondary N) is 1. The Bertz CT molecular complexity index is 734. The van der Waals surface area contributed by atoms with Gasteiger partial charge in [0.15, 0.2) is 0 Å². The van der Waals surface area contributed by atoms with E-state index in [1.54, 1.807) is 23.3 Å². The van der Waals surface area contributed by atoms with E-state index >= 15 is 0 Å². The average molecular weight is 382 g/mol. The molecule has 1 saturated heterocycles. The Morgan fingerprint density at radius 2 is 2.04 bits per heavy atom. The Morgan fingerprint density at radius 1 is 1.31 bits per heavy atom. The van der Waals surface area contributed by atoms with Crippen LogP contribution in [0.25, 0.3) is 0 Å². The van der Waals surface area contributed by atoms with E-state index in [-0.39, 0.29) is 23.9 Å². The van der Waals surface area contributed by atoms with Crippen molar-refractivity contribution in [3.05, 3.63) is 23.9 Å². The summed E-state index contributed by atoms with van der Waals surface area (Å²) in [5, 5.41) is 2.92. The summed E-state index contributed by atoms with van der Waals surface area (Å²) >= 11 is 0. The predicted octanol–water partition coefficient (Wildman–Crippen LogP) is 0.0995. The largest absolute Gasteiger partial charge is 0.373 e. The van der Waals surface area contributed by atoms with E-state index in [9.17, 15) is 13.2 Å². The van der Waals surface area contributed by atoms with Crippen LogP contribution in [0.1, 0.15) is 20.3 Å². The fourth-order valence-corrected chi connectivity index (χ4v) is 4.38. The van der Waals surface area contributed by atoms with Crippen LogP contribution in [0.3, 0.4) is 0 Å². The molecule has 3 rings (SSSR count). The lowest BCUT2D eigenvalue weighted by molar-refractivity contribution is -0.117. The molecule has 0 aromatic carbocycles. The van der Waals surface area contributed by atoms with Gasteiger partial charge in [-0.1, -0.05) is 0 Å². The van der Waals surface area contributed by atoms with E-state index in [0.717, 1.165) is 26.1 Å². The highest BCUT2D eigenvalue weighted by molar-refractivity contribution is 7.90. The van der Waals surface area contributed by atoms with Gasteiger partial charge in [-0.3, -0.25) is 9.69 Å². The molecule has 2 unspecified atom stereocenters. The summed E-state index contributed by atoms with van der Waals surface area (Å²) in [6.45, 7) is 7.84. The molecule has 1 fully saturated rings. The number of rotatable bonds is 5. The van der Waals surface area contributed by atoms with Gasteiger partial charge < -0.3 is 15.0 Å². The molecule has 0 aliphatic carbocycles. The summed E-state index contributed by atoms with van der Waals surface area (Å²) in [5.41, 5.74) is 0.511. The summed E-state index contributed by atoms with van der Waals surface area (Å²) in [6.07, 6.45) is 6.20. The number of hydrogen-bond acceptors (Lipinski definition) is 6. The van der Waals surface area contributed by atoms with Gasteiger partial charge in [-0.05, 0) is 32.4 Å². The minimum atomic E-state index is -3.38. The topological polar surface area (TPSA) is 91.3 Å². The highest BCUT2D eigenvalue weighted by atomic mass is 32.2. The number of hydrogen-bond donors (Lipinski definition) is 1. The van der Waals surface area contributed by atoms with Gasteiger partial charge in [0, 0.05) is 38.9 Å². The van der Waals surface area contributed by atoms with Crippen molar-refractivity contribution in [2.24, 2.45) is 4.40 Å². The van der Waals surface area contributed by atoms with Gasteiger partial charge in [0.2, 0.25) is 0 Å². The number of amides is 1. The molecule has 1 amide bonds. The van der Waals surface area contributed by atoms with Crippen molar-refractivity contribution in [1.82, 2.24) is 15.1 Å². The summed E-state index contributed by atoms with van der Waals surface area (Å²) in [7, 11) is -3.38. The third-order valence-corrected chi connectivity index (χ3v) is 5.68. The van der Waals surface area contributed by atoms with E-state index < -0.39 is 10.0 Å². The Balaban J connectivity index is 1.45. The van der Waals surface area contributed by atoms with E-state index in [2.05, 4.69) is 28.5 Å². The van der Waals surface area contributed by atoms with E-state index in [1.807, 2.05) is 0 Å². The second-order valence-electron chi connectivity index (χ2n) is 6.97. The van der Waals surface area contributed by atoms with Crippen molar-refractivity contribution in [3.63, 3.8) is 0 Å². The molecule has 3 heterocycles. The minimum Gasteiger partial charge on any atom is -0.373 e. The van der Waals surface area contributed by atoms with Gasteiger partial charge in [0.05, 0.1) is 23.5 Å². The highest BCUT2D eigenvalue weighted by Crippen LogP contribution is 2.16. The molecule has 8 nitrogen and oxygen atoms in total. The molecule has 144 valence electrons. The second kappa shape index (κ2) is 7.89. The smallest absolute Gasteiger partial charge is 0.256 e. The first kappa shape index (κ1) is 19.1. The van der Waals surface area contributed by atoms with Crippen LogP contribution in [0.5, 0.6) is 0 Å². The number of fused-ring (bicyclic) bond motifs is 1. The fraction of sp³-hybridized carbons (Fsp3) is 0.647. The van der Waals surface area contributed by atoms with Crippen LogP contribution >= 0.6 is 0 Å². The lowest BCUT2D eigenvalue weighted by Crippen LogP contribution is -2.46. The number of morpholine rings is 1. The van der Waals surface area contributed by atoms with Gasteiger partial charge >= 0.3 is 0 Å². The normalized spacial score (nSPS) is 28.2. The van der Waals surface area contributed by atoms with E-state index in [0.29, 0.717) is 24.5 Å². The third-order valence-electron chi connectivity index (χ3n) is 4.52. The van der Waals surface area contributed by atoms with Crippen molar-refractivity contribution in [1.29, 1.82) is 0 Å². The molecular weight excluding hydrogens is 356 g/mol. The Morgan fingerprint density at radius 3 is 2.77 bits per heavy atom. The van der Waals surface area contributed by atoms with Crippen molar-refractivity contribution >= 4 is 21.8 Å². The molecule has 0 bridgehead atoms. The molecular formula is C17H26N4O4S. The number of amidine groups is 1. The Hall–Kier alpha value is -1.71. The van der Waals surface area contributed by atoms with Crippen LogP contribution in [0.4, 0.5) is 0 Å². The second-order valence-corrected chi connectivity index (χ2v) is 8.73. The number of nitrogens with zero attached hydrogens (tertiary/aromatic N) is 3. The first-order valence-corrected chi connectivity index (χ1v) is 10.6. The van der Waals surface area contributed by atoms with Crippen LogP contribution in [-0.4, -0.2) is 80.6 Å². The fourth-order valence-electron chi connectivity index (χ4n) is 3.41. The molecule has 1 N–H and O–H groups in total. The molecule has 0 saturated carbocycles. The van der Waals surface area contributed by atoms with E-state index in [4.69, 9.17) is 4.74 Å². The summed E-state index contributed by atoms with van der Waals surface area (Å²) < 4.78 is 32.4. The van der Waals surface area contributed by atoms with Gasteiger partial charge in [-0.15, -0.1) is 4.40 Å². The number of sulfonamides is 1. The molecule has 3 aliphatic heterocycles. The van der Waals surface area contributed by atoms with Gasteiger partial charge in [0.1, 0.15) is 5.84 Å². The standard InChI is InChI=1S/C17H26N4O4S/c1-13-10-20(11-14(2)25-13)7-3-6-18-17(22)15-4-5-16-19-26(23,24)9-8-21(16)12-15/h4-5,12-14H,3,6-11H2,1-2H3,(H,18,22). The Kier molecular flexibility index (Phi) is 5.79. The highest BCUT2D eigenvalue weighted by Gasteiger charge is 2.25. The molecule has 0 spiro atoms. The molecule has 0 radical (unpaired) electrons. The molecule has 26 heavy (non-hydrogen) atoms. The lowest BCUT2D eigenvalue weighted by Gasteiger charge is -2.35. The van der Waals surface area contributed by atoms with E-state index in [1.165, 1.54) is 0 Å².